The molecule has 4 rings (SSSR count). The van der Waals surface area contributed by atoms with Crippen LogP contribution in [0.2, 0.25) is 0 Å². The molecule has 3 N–H and O–H groups in total. The predicted molar refractivity (Wildman–Crippen MR) is 155 cm³/mol. The first-order chi connectivity index (χ1) is 18.7. The van der Waals surface area contributed by atoms with Crippen LogP contribution in [0, 0.1) is 5.82 Å². The van der Waals surface area contributed by atoms with Gasteiger partial charge in [-0.2, -0.15) is 0 Å². The molecule has 0 saturated carbocycles. The van der Waals surface area contributed by atoms with Crippen molar-refractivity contribution in [2.24, 2.45) is 0 Å². The summed E-state index contributed by atoms with van der Waals surface area (Å²) in [4.78, 5) is 25.2. The Kier molecular flexibility index (Phi) is 10.1. The minimum atomic E-state index is -1.46. The topological polar surface area (TPSA) is 114 Å². The van der Waals surface area contributed by atoms with Crippen LogP contribution in [0.1, 0.15) is 66.3 Å². The van der Waals surface area contributed by atoms with E-state index in [4.69, 9.17) is 3.07 Å². The third kappa shape index (κ3) is 8.33. The molecule has 0 aliphatic carbocycles. The van der Waals surface area contributed by atoms with E-state index in [1.807, 2.05) is 44.2 Å². The number of nitrogens with one attached hydrogen (secondary N) is 1. The van der Waals surface area contributed by atoms with Crippen molar-refractivity contribution in [3.63, 3.8) is 0 Å². The molecule has 1 aliphatic rings. The zero-order valence-electron chi connectivity index (χ0n) is 22.1. The average Bonchev–Trinajstić information content (AvgIpc) is 3.62. The molecular weight excluding hydrogens is 616 g/mol. The van der Waals surface area contributed by atoms with E-state index in [1.54, 1.807) is 16.8 Å². The van der Waals surface area contributed by atoms with Crippen molar-refractivity contribution >= 4 is 32.1 Å². The van der Waals surface area contributed by atoms with Crippen LogP contribution < -0.4 is 5.32 Å². The number of benzene rings is 2. The Bertz CT molecular complexity index is 1260. The van der Waals surface area contributed by atoms with Crippen molar-refractivity contribution < 1.29 is 27.3 Å². The Morgan fingerprint density at radius 1 is 1.08 bits per heavy atom. The van der Waals surface area contributed by atoms with Crippen LogP contribution in [-0.2, 0) is 20.8 Å². The molecule has 3 aromatic rings. The summed E-state index contributed by atoms with van der Waals surface area (Å²) in [7, 11) is 0. The van der Waals surface area contributed by atoms with Crippen LogP contribution >= 0.6 is 20.2 Å². The number of amides is 1. The average molecular weight is 652 g/mol. The van der Waals surface area contributed by atoms with Gasteiger partial charge in [0.25, 0.3) is 0 Å². The van der Waals surface area contributed by atoms with E-state index in [0.717, 1.165) is 25.7 Å². The first-order valence-electron chi connectivity index (χ1n) is 13.1. The van der Waals surface area contributed by atoms with Gasteiger partial charge in [0, 0.05) is 6.54 Å². The van der Waals surface area contributed by atoms with Gasteiger partial charge in [-0.1, -0.05) is 30.3 Å². The van der Waals surface area contributed by atoms with Gasteiger partial charge < -0.3 is 5.32 Å². The molecule has 210 valence electrons. The van der Waals surface area contributed by atoms with Gasteiger partial charge in [0.15, 0.2) is 0 Å². The predicted octanol–water partition coefficient (Wildman–Crippen LogP) is 4.48. The third-order valence-corrected chi connectivity index (χ3v) is 9.45. The fraction of sp³-hybridized carbons (Fsp3) is 0.414. The maximum atomic E-state index is 13.7. The summed E-state index contributed by atoms with van der Waals surface area (Å²) in [6.07, 6.45) is -1.31. The zero-order valence-corrected chi connectivity index (χ0v) is 24.3. The normalized spacial score (nSPS) is 15.2. The number of aliphatic hydroxyl groups is 2. The van der Waals surface area contributed by atoms with Crippen molar-refractivity contribution in [3.05, 3.63) is 82.9 Å². The van der Waals surface area contributed by atoms with E-state index >= 15 is 0 Å². The van der Waals surface area contributed by atoms with Crippen LogP contribution in [-0.4, -0.2) is 52.9 Å². The zero-order chi connectivity index (χ0) is 27.9. The number of hydrogen-bond acceptors (Lipinski definition) is 6. The van der Waals surface area contributed by atoms with Crippen molar-refractivity contribution in [3.8, 4) is 5.69 Å². The maximum absolute atomic E-state index is 13.7. The summed E-state index contributed by atoms with van der Waals surface area (Å²) < 4.78 is 22.7. The second-order valence-corrected chi connectivity index (χ2v) is 14.9. The van der Waals surface area contributed by atoms with Crippen LogP contribution in [0.25, 0.3) is 5.69 Å². The second-order valence-electron chi connectivity index (χ2n) is 9.94. The Morgan fingerprint density at radius 2 is 1.77 bits per heavy atom. The van der Waals surface area contributed by atoms with Crippen LogP contribution in [0.15, 0.2) is 54.6 Å². The minimum absolute atomic E-state index is 0.0371. The number of aromatic nitrogens is 2. The van der Waals surface area contributed by atoms with E-state index < -0.39 is 32.4 Å². The second kappa shape index (κ2) is 13.5. The molecule has 1 aliphatic heterocycles. The molecule has 1 amide bonds. The van der Waals surface area contributed by atoms with E-state index in [-0.39, 0.29) is 48.6 Å². The number of carbonyl (C=O) groups excluding carboxylic acids is 2. The number of halogens is 2. The monoisotopic (exact) mass is 651 g/mol. The molecule has 0 unspecified atom stereocenters. The number of aliphatic hydroxyl groups excluding tert-OH is 2. The fourth-order valence-electron chi connectivity index (χ4n) is 4.41. The standard InChI is InChI=1S/C29H35FIN3O5/c1-19(2)27-25(13-12-23(35)16-24(36)17-26(37)39-31-14-15-31)34(22-10-8-21(30)9-11-22)33-28(27)29(38)32-18-20-6-4-3-5-7-20/h3-11,19,23-24,35-36H,12-18H2,1-2H3,(H,32,38)/t23-,24-/m1/s1. The van der Waals surface area contributed by atoms with Gasteiger partial charge >= 0.3 is 161 Å². The van der Waals surface area contributed by atoms with E-state index in [9.17, 15) is 24.2 Å². The summed E-state index contributed by atoms with van der Waals surface area (Å²) in [6.45, 7) is 4.29. The Hall–Kier alpha value is -2.83. The Balaban J connectivity index is 1.52. The molecule has 8 nitrogen and oxygen atoms in total. The number of nitrogens with zero attached hydrogens (tertiary/aromatic N) is 2. The molecule has 1 aromatic heterocycles. The SMILES string of the molecule is CC(C)c1c(C(=O)NCc2ccccc2)nn(-c2ccc(F)cc2)c1CC[C@@H](O)C[C@@H](O)CC(=O)OI1CC1. The van der Waals surface area contributed by atoms with Gasteiger partial charge in [-0.25, -0.2) is 4.39 Å². The first kappa shape index (κ1) is 29.2. The molecular formula is C29H35FIN3O5. The van der Waals surface area contributed by atoms with Gasteiger partial charge in [-0.3, -0.25) is 4.79 Å². The van der Waals surface area contributed by atoms with Crippen molar-refractivity contribution in [1.29, 1.82) is 0 Å². The molecule has 1 fully saturated rings. The number of carbonyl (C=O) groups is 2. The van der Waals surface area contributed by atoms with Gasteiger partial charge in [0.2, 0.25) is 0 Å². The summed E-state index contributed by atoms with van der Waals surface area (Å²) in [5.74, 6) is -1.15. The van der Waals surface area contributed by atoms with Crippen LogP contribution in [0.4, 0.5) is 4.39 Å². The summed E-state index contributed by atoms with van der Waals surface area (Å²) >= 11 is -1.46. The Labute approximate surface area is 235 Å². The van der Waals surface area contributed by atoms with Crippen LogP contribution in [0.5, 0.6) is 0 Å². The van der Waals surface area contributed by atoms with Crippen molar-refractivity contribution in [2.75, 3.05) is 8.86 Å². The van der Waals surface area contributed by atoms with Gasteiger partial charge in [-0.05, 0) is 17.7 Å². The summed E-state index contributed by atoms with van der Waals surface area (Å²) in [5, 5.41) is 28.6. The first-order valence-corrected chi connectivity index (χ1v) is 17.0. The molecule has 2 aromatic carbocycles. The molecule has 0 spiro atoms. The van der Waals surface area contributed by atoms with E-state index in [0.29, 0.717) is 18.7 Å². The van der Waals surface area contributed by atoms with Crippen molar-refractivity contribution in [1.82, 2.24) is 15.1 Å². The Morgan fingerprint density at radius 3 is 2.41 bits per heavy atom. The molecule has 0 bridgehead atoms. The summed E-state index contributed by atoms with van der Waals surface area (Å²) in [6, 6.07) is 15.4. The molecule has 39 heavy (non-hydrogen) atoms. The van der Waals surface area contributed by atoms with Gasteiger partial charge in [0.05, 0.1) is 0 Å². The van der Waals surface area contributed by atoms with Crippen molar-refractivity contribution in [2.45, 2.75) is 64.2 Å². The quantitative estimate of drug-likeness (QED) is 0.186. The number of hydrogen-bond donors (Lipinski definition) is 3. The molecule has 0 radical (unpaired) electrons. The van der Waals surface area contributed by atoms with Crippen LogP contribution in [0.3, 0.4) is 0 Å². The summed E-state index contributed by atoms with van der Waals surface area (Å²) in [5.41, 5.74) is 3.31. The van der Waals surface area contributed by atoms with Gasteiger partial charge in [0.1, 0.15) is 5.82 Å². The third-order valence-electron chi connectivity index (χ3n) is 6.38. The van der Waals surface area contributed by atoms with Gasteiger partial charge in [-0.15, -0.1) is 0 Å². The molecule has 2 atom stereocenters. The molecule has 10 heteroatoms. The fourth-order valence-corrected chi connectivity index (χ4v) is 7.01. The molecule has 1 saturated heterocycles. The number of rotatable bonds is 13. The van der Waals surface area contributed by atoms with E-state index in [2.05, 4.69) is 10.4 Å². The van der Waals surface area contributed by atoms with E-state index in [1.165, 1.54) is 12.1 Å². The molecule has 2 heterocycles. The number of alkyl halides is 2.